The first kappa shape index (κ1) is 16.0. The van der Waals surface area contributed by atoms with Crippen molar-refractivity contribution in [3.8, 4) is 11.3 Å². The Kier molecular flexibility index (Phi) is 4.75. The maximum atomic E-state index is 14.7. The molecule has 4 heteroatoms. The number of halogens is 1. The van der Waals surface area contributed by atoms with Gasteiger partial charge in [0.2, 0.25) is 5.95 Å². The average molecular weight is 321 g/mol. The van der Waals surface area contributed by atoms with Crippen LogP contribution in [0.25, 0.3) is 11.3 Å². The third-order valence-electron chi connectivity index (χ3n) is 3.53. The van der Waals surface area contributed by atoms with Crippen molar-refractivity contribution in [1.82, 2.24) is 4.98 Å². The number of hydrogen-bond acceptors (Lipinski definition) is 3. The van der Waals surface area contributed by atoms with Crippen molar-refractivity contribution in [3.63, 3.8) is 0 Å². The average Bonchev–Trinajstić information content (AvgIpc) is 2.59. The molecule has 24 heavy (non-hydrogen) atoms. The number of hydrogen-bond donors (Lipinski definition) is 2. The molecule has 1 heterocycles. The molecule has 0 amide bonds. The van der Waals surface area contributed by atoms with E-state index in [0.29, 0.717) is 17.1 Å². The van der Waals surface area contributed by atoms with Crippen molar-refractivity contribution in [2.75, 3.05) is 10.6 Å². The van der Waals surface area contributed by atoms with Gasteiger partial charge in [0.15, 0.2) is 0 Å². The lowest BCUT2D eigenvalue weighted by molar-refractivity contribution is 0.590. The van der Waals surface area contributed by atoms with Crippen LogP contribution in [-0.4, -0.2) is 11.0 Å². The Hall–Kier alpha value is -2.88. The first-order valence-electron chi connectivity index (χ1n) is 7.98. The van der Waals surface area contributed by atoms with Crippen molar-refractivity contribution in [3.05, 3.63) is 72.7 Å². The topological polar surface area (TPSA) is 37.0 Å². The molecule has 122 valence electrons. The minimum atomic E-state index is -0.525. The molecule has 2 aromatic carbocycles. The molecule has 0 bridgehead atoms. The summed E-state index contributed by atoms with van der Waals surface area (Å²) in [7, 11) is 0. The second-order valence-corrected chi connectivity index (χ2v) is 5.88. The van der Waals surface area contributed by atoms with Crippen LogP contribution in [0, 0.1) is 5.95 Å². The Morgan fingerprint density at radius 1 is 0.917 bits per heavy atom. The zero-order chi connectivity index (χ0) is 16.9. The lowest BCUT2D eigenvalue weighted by Gasteiger charge is -2.18. The predicted molar refractivity (Wildman–Crippen MR) is 98.1 cm³/mol. The van der Waals surface area contributed by atoms with E-state index < -0.39 is 5.95 Å². The van der Waals surface area contributed by atoms with E-state index in [1.165, 1.54) is 0 Å². The van der Waals surface area contributed by atoms with Gasteiger partial charge >= 0.3 is 0 Å². The zero-order valence-corrected chi connectivity index (χ0v) is 13.8. The molecule has 0 atom stereocenters. The second-order valence-electron chi connectivity index (χ2n) is 5.88. The first-order valence-corrected chi connectivity index (χ1v) is 7.98. The standard InChI is InChI=1S/C20H20FN3/c1-14(2)22-18-13-17(15-9-5-3-6-10-15)24-20(21)19(18)23-16-11-7-4-8-12-16/h3-14,23H,1-2H3,(H,22,24). The number of nitrogens with one attached hydrogen (secondary N) is 2. The highest BCUT2D eigenvalue weighted by Gasteiger charge is 2.15. The molecule has 0 unspecified atom stereocenters. The molecule has 0 aliphatic carbocycles. The minimum absolute atomic E-state index is 0.173. The van der Waals surface area contributed by atoms with Crippen molar-refractivity contribution in [1.29, 1.82) is 0 Å². The van der Waals surface area contributed by atoms with Crippen LogP contribution >= 0.6 is 0 Å². The number of pyridine rings is 1. The maximum Gasteiger partial charge on any atom is 0.239 e. The fourth-order valence-electron chi connectivity index (χ4n) is 2.48. The normalized spacial score (nSPS) is 10.7. The summed E-state index contributed by atoms with van der Waals surface area (Å²) in [6, 6.07) is 21.2. The molecule has 0 aliphatic rings. The van der Waals surface area contributed by atoms with Crippen LogP contribution in [0.15, 0.2) is 66.7 Å². The third kappa shape index (κ3) is 3.71. The fourth-order valence-corrected chi connectivity index (χ4v) is 2.48. The Bertz CT molecular complexity index is 802. The predicted octanol–water partition coefficient (Wildman–Crippen LogP) is 5.45. The minimum Gasteiger partial charge on any atom is -0.381 e. The molecule has 0 fully saturated rings. The van der Waals surface area contributed by atoms with E-state index in [9.17, 15) is 4.39 Å². The fraction of sp³-hybridized carbons (Fsp3) is 0.150. The van der Waals surface area contributed by atoms with E-state index in [2.05, 4.69) is 15.6 Å². The largest absolute Gasteiger partial charge is 0.381 e. The van der Waals surface area contributed by atoms with Crippen LogP contribution in [0.4, 0.5) is 21.5 Å². The van der Waals surface area contributed by atoms with Gasteiger partial charge in [-0.2, -0.15) is 4.39 Å². The molecular weight excluding hydrogens is 301 g/mol. The summed E-state index contributed by atoms with van der Waals surface area (Å²) in [5.74, 6) is -0.525. The van der Waals surface area contributed by atoms with Gasteiger partial charge in [-0.3, -0.25) is 0 Å². The molecule has 0 spiro atoms. The van der Waals surface area contributed by atoms with Crippen LogP contribution in [0.3, 0.4) is 0 Å². The van der Waals surface area contributed by atoms with Gasteiger partial charge in [-0.05, 0) is 32.0 Å². The quantitative estimate of drug-likeness (QED) is 0.613. The van der Waals surface area contributed by atoms with Gasteiger partial charge in [-0.15, -0.1) is 0 Å². The summed E-state index contributed by atoms with van der Waals surface area (Å²) in [6.45, 7) is 4.04. The van der Waals surface area contributed by atoms with E-state index in [4.69, 9.17) is 0 Å². The van der Waals surface area contributed by atoms with Crippen LogP contribution in [-0.2, 0) is 0 Å². The number of rotatable bonds is 5. The third-order valence-corrected chi connectivity index (χ3v) is 3.53. The zero-order valence-electron chi connectivity index (χ0n) is 13.8. The highest BCUT2D eigenvalue weighted by molar-refractivity contribution is 5.78. The number of para-hydroxylation sites is 1. The molecular formula is C20H20FN3. The van der Waals surface area contributed by atoms with E-state index in [-0.39, 0.29) is 6.04 Å². The summed E-state index contributed by atoms with van der Waals surface area (Å²) < 4.78 is 14.7. The Morgan fingerprint density at radius 2 is 1.54 bits per heavy atom. The lowest BCUT2D eigenvalue weighted by Crippen LogP contribution is -2.13. The van der Waals surface area contributed by atoms with E-state index in [1.54, 1.807) is 0 Å². The van der Waals surface area contributed by atoms with Crippen LogP contribution in [0.2, 0.25) is 0 Å². The molecule has 3 nitrogen and oxygen atoms in total. The van der Waals surface area contributed by atoms with Crippen molar-refractivity contribution >= 4 is 17.1 Å². The second kappa shape index (κ2) is 7.13. The van der Waals surface area contributed by atoms with Crippen LogP contribution in [0.5, 0.6) is 0 Å². The van der Waals surface area contributed by atoms with Crippen molar-refractivity contribution in [2.45, 2.75) is 19.9 Å². The van der Waals surface area contributed by atoms with Gasteiger partial charge in [-0.25, -0.2) is 4.98 Å². The summed E-state index contributed by atoms with van der Waals surface area (Å²) in [6.07, 6.45) is 0. The van der Waals surface area contributed by atoms with Gasteiger partial charge in [0.1, 0.15) is 5.69 Å². The van der Waals surface area contributed by atoms with Gasteiger partial charge in [0.05, 0.1) is 11.4 Å². The van der Waals surface area contributed by atoms with Gasteiger partial charge in [-0.1, -0.05) is 48.5 Å². The molecule has 2 N–H and O–H groups in total. The molecule has 3 rings (SSSR count). The summed E-state index contributed by atoms with van der Waals surface area (Å²) in [5, 5.41) is 6.43. The molecule has 0 saturated heterocycles. The Balaban J connectivity index is 2.04. The molecule has 3 aromatic rings. The lowest BCUT2D eigenvalue weighted by atomic mass is 10.1. The monoisotopic (exact) mass is 321 g/mol. The molecule has 1 aromatic heterocycles. The Labute approximate surface area is 141 Å². The van der Waals surface area contributed by atoms with Crippen LogP contribution < -0.4 is 10.6 Å². The highest BCUT2D eigenvalue weighted by atomic mass is 19.1. The Morgan fingerprint density at radius 3 is 2.17 bits per heavy atom. The van der Waals surface area contributed by atoms with Crippen molar-refractivity contribution in [2.24, 2.45) is 0 Å². The highest BCUT2D eigenvalue weighted by Crippen LogP contribution is 2.32. The maximum absolute atomic E-state index is 14.7. The van der Waals surface area contributed by atoms with Gasteiger partial charge in [0.25, 0.3) is 0 Å². The number of nitrogens with zero attached hydrogens (tertiary/aromatic N) is 1. The van der Waals surface area contributed by atoms with E-state index in [0.717, 1.165) is 11.3 Å². The summed E-state index contributed by atoms with van der Waals surface area (Å²) in [4.78, 5) is 4.14. The summed E-state index contributed by atoms with van der Waals surface area (Å²) in [5.41, 5.74) is 3.36. The molecule has 0 radical (unpaired) electrons. The summed E-state index contributed by atoms with van der Waals surface area (Å²) >= 11 is 0. The molecule has 0 aliphatic heterocycles. The van der Waals surface area contributed by atoms with Gasteiger partial charge < -0.3 is 10.6 Å². The smallest absolute Gasteiger partial charge is 0.239 e. The van der Waals surface area contributed by atoms with Crippen molar-refractivity contribution < 1.29 is 4.39 Å². The number of aromatic nitrogens is 1. The first-order chi connectivity index (χ1) is 11.6. The van der Waals surface area contributed by atoms with Crippen LogP contribution in [0.1, 0.15) is 13.8 Å². The van der Waals surface area contributed by atoms with Gasteiger partial charge in [0, 0.05) is 17.3 Å². The number of benzene rings is 2. The van der Waals surface area contributed by atoms with E-state index >= 15 is 0 Å². The SMILES string of the molecule is CC(C)Nc1cc(-c2ccccc2)nc(F)c1Nc1ccccc1. The van der Waals surface area contributed by atoms with E-state index in [1.807, 2.05) is 80.6 Å². The number of anilines is 3. The molecule has 0 saturated carbocycles.